The molecule has 214 valence electrons. The van der Waals surface area contributed by atoms with Gasteiger partial charge in [-0.1, -0.05) is 43.3 Å². The molecular weight excluding hydrogens is 558 g/mol. The SMILES string of the molecule is CCSc1ccc(C(F)(F)OC2CCC(c3ccc(-c4ccc(-c5cc(F)c(F)c(F)c5)c(F)c4)cc3)CC2)cc1. The molecule has 0 heterocycles. The molecule has 5 rings (SSSR count). The zero-order valence-corrected chi connectivity index (χ0v) is 23.1. The number of hydrogen-bond acceptors (Lipinski definition) is 2. The standard InChI is InChI=1S/C33H28F6OS/c1-2-41-27-14-10-25(11-15-27)33(38,39)40-26-12-7-21(8-13-26)20-3-5-22(6-4-20)23-9-16-28(29(34)17-23)24-18-30(35)32(37)31(36)19-24/h3-6,9-11,14-19,21,26H,2,7-8,12-13H2,1H3. The molecule has 0 unspecified atom stereocenters. The third kappa shape index (κ3) is 6.65. The normalized spacial score (nSPS) is 17.5. The van der Waals surface area contributed by atoms with Crippen molar-refractivity contribution in [3.63, 3.8) is 0 Å². The number of alkyl halides is 2. The first-order chi connectivity index (χ1) is 19.6. The summed E-state index contributed by atoms with van der Waals surface area (Å²) in [5.74, 6) is -3.99. The van der Waals surface area contributed by atoms with Gasteiger partial charge in [-0.2, -0.15) is 8.78 Å². The van der Waals surface area contributed by atoms with E-state index in [2.05, 4.69) is 0 Å². The van der Waals surface area contributed by atoms with Gasteiger partial charge in [0, 0.05) is 10.5 Å². The molecule has 1 aliphatic rings. The Labute approximate surface area is 239 Å². The molecule has 41 heavy (non-hydrogen) atoms. The molecule has 1 aliphatic carbocycles. The molecule has 4 aromatic carbocycles. The van der Waals surface area contributed by atoms with Crippen molar-refractivity contribution >= 4 is 11.8 Å². The van der Waals surface area contributed by atoms with E-state index in [0.29, 0.717) is 31.2 Å². The van der Waals surface area contributed by atoms with E-state index in [1.807, 2.05) is 31.2 Å². The van der Waals surface area contributed by atoms with E-state index in [1.54, 1.807) is 30.0 Å². The quantitative estimate of drug-likeness (QED) is 0.115. The number of benzene rings is 4. The molecule has 1 saturated carbocycles. The Kier molecular flexibility index (Phi) is 8.80. The van der Waals surface area contributed by atoms with Gasteiger partial charge < -0.3 is 4.74 Å². The second-order valence-corrected chi connectivity index (χ2v) is 11.5. The van der Waals surface area contributed by atoms with Crippen LogP contribution in [-0.4, -0.2) is 11.9 Å². The van der Waals surface area contributed by atoms with Crippen LogP contribution in [0.15, 0.2) is 83.8 Å². The molecule has 0 radical (unpaired) electrons. The number of halogens is 6. The van der Waals surface area contributed by atoms with Crippen molar-refractivity contribution in [3.05, 3.63) is 113 Å². The summed E-state index contributed by atoms with van der Waals surface area (Å²) in [5.41, 5.74) is 2.11. The lowest BCUT2D eigenvalue weighted by atomic mass is 9.82. The van der Waals surface area contributed by atoms with E-state index in [1.165, 1.54) is 24.3 Å². The smallest absolute Gasteiger partial charge is 0.313 e. The summed E-state index contributed by atoms with van der Waals surface area (Å²) < 4.78 is 90.2. The first kappa shape index (κ1) is 29.3. The molecule has 0 N–H and O–H groups in total. The van der Waals surface area contributed by atoms with Crippen molar-refractivity contribution in [1.82, 2.24) is 0 Å². The van der Waals surface area contributed by atoms with Crippen LogP contribution in [0, 0.1) is 23.3 Å². The molecule has 0 spiro atoms. The highest BCUT2D eigenvalue weighted by Crippen LogP contribution is 2.40. The molecule has 0 bridgehead atoms. The number of hydrogen-bond donors (Lipinski definition) is 0. The van der Waals surface area contributed by atoms with E-state index >= 15 is 0 Å². The topological polar surface area (TPSA) is 9.23 Å². The van der Waals surface area contributed by atoms with Crippen LogP contribution in [0.25, 0.3) is 22.3 Å². The fourth-order valence-electron chi connectivity index (χ4n) is 5.29. The van der Waals surface area contributed by atoms with Crippen LogP contribution in [-0.2, 0) is 10.8 Å². The predicted molar refractivity (Wildman–Crippen MR) is 150 cm³/mol. The molecule has 0 aliphatic heterocycles. The molecule has 8 heteroatoms. The highest BCUT2D eigenvalue weighted by molar-refractivity contribution is 7.99. The van der Waals surface area contributed by atoms with Gasteiger partial charge in [-0.3, -0.25) is 0 Å². The van der Waals surface area contributed by atoms with Crippen molar-refractivity contribution in [2.24, 2.45) is 0 Å². The third-order valence-electron chi connectivity index (χ3n) is 7.47. The van der Waals surface area contributed by atoms with Crippen LogP contribution in [0.5, 0.6) is 0 Å². The Bertz CT molecular complexity index is 1470. The van der Waals surface area contributed by atoms with Crippen molar-refractivity contribution < 1.29 is 31.1 Å². The lowest BCUT2D eigenvalue weighted by molar-refractivity contribution is -0.277. The van der Waals surface area contributed by atoms with Crippen molar-refractivity contribution in [2.45, 2.75) is 55.6 Å². The summed E-state index contributed by atoms with van der Waals surface area (Å²) >= 11 is 1.59. The van der Waals surface area contributed by atoms with Crippen LogP contribution < -0.4 is 0 Å². The van der Waals surface area contributed by atoms with Crippen molar-refractivity contribution in [3.8, 4) is 22.3 Å². The van der Waals surface area contributed by atoms with Gasteiger partial charge in [0.2, 0.25) is 0 Å². The van der Waals surface area contributed by atoms with Crippen LogP contribution in [0.1, 0.15) is 49.7 Å². The Morgan fingerprint density at radius 1 is 0.707 bits per heavy atom. The molecule has 1 nitrogen and oxygen atoms in total. The minimum atomic E-state index is -3.35. The van der Waals surface area contributed by atoms with Gasteiger partial charge in [-0.15, -0.1) is 11.8 Å². The van der Waals surface area contributed by atoms with E-state index in [-0.39, 0.29) is 22.6 Å². The van der Waals surface area contributed by atoms with Crippen LogP contribution in [0.3, 0.4) is 0 Å². The van der Waals surface area contributed by atoms with Gasteiger partial charge >= 0.3 is 6.11 Å². The molecule has 0 atom stereocenters. The first-order valence-corrected chi connectivity index (χ1v) is 14.5. The van der Waals surface area contributed by atoms with E-state index in [4.69, 9.17) is 4.74 Å². The first-order valence-electron chi connectivity index (χ1n) is 13.5. The summed E-state index contributed by atoms with van der Waals surface area (Å²) in [5, 5.41) is 0. The van der Waals surface area contributed by atoms with Crippen molar-refractivity contribution in [2.75, 3.05) is 5.75 Å². The summed E-state index contributed by atoms with van der Waals surface area (Å²) in [7, 11) is 0. The Hall–Kier alpha value is -3.23. The van der Waals surface area contributed by atoms with Gasteiger partial charge in [0.05, 0.1) is 11.7 Å². The average Bonchev–Trinajstić information content (AvgIpc) is 2.96. The van der Waals surface area contributed by atoms with Crippen LogP contribution in [0.2, 0.25) is 0 Å². The van der Waals surface area contributed by atoms with E-state index < -0.39 is 35.5 Å². The maximum atomic E-state index is 14.9. The third-order valence-corrected chi connectivity index (χ3v) is 8.36. The van der Waals surface area contributed by atoms with Gasteiger partial charge in [0.15, 0.2) is 17.5 Å². The molecular formula is C33H28F6OS. The highest BCUT2D eigenvalue weighted by atomic mass is 32.2. The predicted octanol–water partition coefficient (Wildman–Crippen LogP) is 10.5. The summed E-state index contributed by atoms with van der Waals surface area (Å²) in [6.45, 7) is 2.01. The second kappa shape index (κ2) is 12.3. The fourth-order valence-corrected chi connectivity index (χ4v) is 5.95. The van der Waals surface area contributed by atoms with Gasteiger partial charge in [-0.25, -0.2) is 17.6 Å². The van der Waals surface area contributed by atoms with Gasteiger partial charge in [-0.05, 0) is 102 Å². The maximum absolute atomic E-state index is 14.9. The molecule has 0 aromatic heterocycles. The Morgan fingerprint density at radius 2 is 1.29 bits per heavy atom. The summed E-state index contributed by atoms with van der Waals surface area (Å²) in [4.78, 5) is 0.944. The minimum absolute atomic E-state index is 0.0414. The highest BCUT2D eigenvalue weighted by Gasteiger charge is 2.37. The van der Waals surface area contributed by atoms with E-state index in [9.17, 15) is 26.3 Å². The maximum Gasteiger partial charge on any atom is 0.383 e. The Balaban J connectivity index is 1.20. The molecule has 0 saturated heterocycles. The van der Waals surface area contributed by atoms with Crippen LogP contribution >= 0.6 is 11.8 Å². The molecule has 1 fully saturated rings. The lowest BCUT2D eigenvalue weighted by Gasteiger charge is -2.31. The fraction of sp³-hybridized carbons (Fsp3) is 0.273. The Morgan fingerprint density at radius 3 is 1.88 bits per heavy atom. The van der Waals surface area contributed by atoms with Crippen molar-refractivity contribution in [1.29, 1.82) is 0 Å². The monoisotopic (exact) mass is 586 g/mol. The minimum Gasteiger partial charge on any atom is -0.313 e. The lowest BCUT2D eigenvalue weighted by Crippen LogP contribution is -2.29. The summed E-state index contributed by atoms with van der Waals surface area (Å²) in [6, 6.07) is 19.7. The number of thioether (sulfide) groups is 1. The molecule has 0 amide bonds. The number of rotatable bonds is 8. The number of ether oxygens (including phenoxy) is 1. The second-order valence-electron chi connectivity index (χ2n) is 10.1. The summed E-state index contributed by atoms with van der Waals surface area (Å²) in [6.07, 6.45) is -1.43. The largest absolute Gasteiger partial charge is 0.383 e. The zero-order chi connectivity index (χ0) is 29.1. The average molecular weight is 587 g/mol. The van der Waals surface area contributed by atoms with Gasteiger partial charge in [0.25, 0.3) is 0 Å². The van der Waals surface area contributed by atoms with Crippen LogP contribution in [0.4, 0.5) is 26.3 Å². The zero-order valence-electron chi connectivity index (χ0n) is 22.3. The van der Waals surface area contributed by atoms with E-state index in [0.717, 1.165) is 33.9 Å². The van der Waals surface area contributed by atoms with Gasteiger partial charge in [0.1, 0.15) is 5.82 Å². The molecule has 4 aromatic rings.